The minimum absolute atomic E-state index is 0.0608. The number of para-hydroxylation sites is 1. The zero-order chi connectivity index (χ0) is 29.4. The fourth-order valence-electron chi connectivity index (χ4n) is 5.64. The highest BCUT2D eigenvalue weighted by Crippen LogP contribution is 2.25. The van der Waals surface area contributed by atoms with Gasteiger partial charge in [0.05, 0.1) is 24.8 Å². The largest absolute Gasteiger partial charge is 0.385 e. The van der Waals surface area contributed by atoms with Crippen molar-refractivity contribution < 1.29 is 27.8 Å². The molecule has 2 amide bonds. The van der Waals surface area contributed by atoms with E-state index in [1.165, 1.54) is 6.07 Å². The lowest BCUT2D eigenvalue weighted by molar-refractivity contribution is -0.140. The third-order valence-corrected chi connectivity index (χ3v) is 7.59. The molecule has 226 valence electrons. The number of nitrogens with zero attached hydrogens (tertiary/aromatic N) is 5. The van der Waals surface area contributed by atoms with Crippen molar-refractivity contribution in [2.45, 2.75) is 39.5 Å². The van der Waals surface area contributed by atoms with Crippen LogP contribution in [-0.2, 0) is 20.7 Å². The molecule has 0 saturated carbocycles. The van der Waals surface area contributed by atoms with Crippen LogP contribution in [0.25, 0.3) is 5.69 Å². The maximum atomic E-state index is 14.8. The molecule has 2 saturated heterocycles. The topological polar surface area (TPSA) is 102 Å². The van der Waals surface area contributed by atoms with Crippen LogP contribution < -0.4 is 5.32 Å². The van der Waals surface area contributed by atoms with Crippen LogP contribution in [0.3, 0.4) is 0 Å². The van der Waals surface area contributed by atoms with Gasteiger partial charge in [-0.15, -0.1) is 5.10 Å². The van der Waals surface area contributed by atoms with Crippen molar-refractivity contribution in [2.24, 2.45) is 17.8 Å². The van der Waals surface area contributed by atoms with Gasteiger partial charge in [0.2, 0.25) is 5.91 Å². The summed E-state index contributed by atoms with van der Waals surface area (Å²) in [5.41, 5.74) is 0.110. The number of hydrogen-bond donors (Lipinski definition) is 1. The number of methoxy groups -OCH3 is 1. The summed E-state index contributed by atoms with van der Waals surface area (Å²) in [7, 11) is 1.61. The average molecular weight is 577 g/mol. The Morgan fingerprint density at radius 3 is 2.59 bits per heavy atom. The molecule has 1 aromatic heterocycles. The van der Waals surface area contributed by atoms with Gasteiger partial charge in [-0.25, -0.2) is 13.5 Å². The number of amides is 2. The molecule has 0 unspecified atom stereocenters. The van der Waals surface area contributed by atoms with E-state index in [-0.39, 0.29) is 40.9 Å². The lowest BCUT2D eigenvalue weighted by Gasteiger charge is -2.36. The molecule has 0 radical (unpaired) electrons. The minimum Gasteiger partial charge on any atom is -0.385 e. The molecule has 0 aliphatic carbocycles. The highest BCUT2D eigenvalue weighted by molar-refractivity contribution is 5.93. The summed E-state index contributed by atoms with van der Waals surface area (Å²) in [6.45, 7) is 9.09. The Hall–Kier alpha value is -2.96. The summed E-state index contributed by atoms with van der Waals surface area (Å²) in [4.78, 5) is 30.8. The Labute approximate surface area is 240 Å². The number of ether oxygens (including phenoxy) is 2. The summed E-state index contributed by atoms with van der Waals surface area (Å²) < 4.78 is 41.2. The van der Waals surface area contributed by atoms with Crippen molar-refractivity contribution in [3.63, 3.8) is 0 Å². The SMILES string of the molecule is COCCCCc1c(C(=O)N(CC(C)C)C[C@@H]2CNC[C@H](C(=O)N3CCOCC3)C2)nnn1-c1c(F)cccc1F. The number of piperidine rings is 1. The van der Waals surface area contributed by atoms with Gasteiger partial charge >= 0.3 is 0 Å². The van der Waals surface area contributed by atoms with Crippen LogP contribution in [0, 0.1) is 29.4 Å². The van der Waals surface area contributed by atoms with E-state index in [4.69, 9.17) is 9.47 Å². The van der Waals surface area contributed by atoms with E-state index in [9.17, 15) is 18.4 Å². The number of aromatic nitrogens is 3. The second-order valence-electron chi connectivity index (χ2n) is 11.3. The molecule has 2 aliphatic heterocycles. The molecule has 3 heterocycles. The maximum Gasteiger partial charge on any atom is 0.276 e. The standard InChI is InChI=1S/C29H42F2N6O4/c1-20(2)18-36(19-21-15-22(17-32-16-21)28(38)35-10-13-41-14-11-35)29(39)26-25(9-4-5-12-40-3)37(34-33-26)27-23(30)7-6-8-24(27)31/h6-8,20-22,32H,4-5,9-19H2,1-3H3/t21-,22+/m0/s1. The van der Waals surface area contributed by atoms with E-state index in [1.54, 1.807) is 12.0 Å². The molecular formula is C29H42F2N6O4. The van der Waals surface area contributed by atoms with Gasteiger partial charge in [-0.2, -0.15) is 0 Å². The molecule has 1 aromatic carbocycles. The molecule has 2 aromatic rings. The summed E-state index contributed by atoms with van der Waals surface area (Å²) >= 11 is 0. The summed E-state index contributed by atoms with van der Waals surface area (Å²) in [5.74, 6) is -1.70. The Morgan fingerprint density at radius 2 is 1.90 bits per heavy atom. The number of rotatable bonds is 12. The zero-order valence-electron chi connectivity index (χ0n) is 24.3. The highest BCUT2D eigenvalue weighted by Gasteiger charge is 2.34. The normalized spacial score (nSPS) is 19.5. The van der Waals surface area contributed by atoms with Gasteiger partial charge in [-0.05, 0) is 56.2 Å². The van der Waals surface area contributed by atoms with Gasteiger partial charge in [-0.3, -0.25) is 9.59 Å². The predicted octanol–water partition coefficient (Wildman–Crippen LogP) is 2.70. The maximum absolute atomic E-state index is 14.8. The van der Waals surface area contributed by atoms with E-state index < -0.39 is 11.6 Å². The van der Waals surface area contributed by atoms with Gasteiger partial charge in [0, 0.05) is 46.4 Å². The van der Waals surface area contributed by atoms with Crippen LogP contribution in [0.5, 0.6) is 0 Å². The molecule has 2 aliphatic rings. The van der Waals surface area contributed by atoms with Crippen molar-refractivity contribution in [1.29, 1.82) is 0 Å². The van der Waals surface area contributed by atoms with Crippen LogP contribution in [0.15, 0.2) is 18.2 Å². The van der Waals surface area contributed by atoms with E-state index in [2.05, 4.69) is 15.6 Å². The minimum atomic E-state index is -0.782. The first-order chi connectivity index (χ1) is 19.8. The van der Waals surface area contributed by atoms with Gasteiger partial charge in [0.1, 0.15) is 5.69 Å². The number of hydrogen-bond acceptors (Lipinski definition) is 7. The third-order valence-electron chi connectivity index (χ3n) is 7.59. The Kier molecular flexibility index (Phi) is 11.2. The molecule has 4 rings (SSSR count). The monoisotopic (exact) mass is 576 g/mol. The molecule has 1 N–H and O–H groups in total. The van der Waals surface area contributed by atoms with E-state index in [0.717, 1.165) is 16.8 Å². The van der Waals surface area contributed by atoms with E-state index >= 15 is 0 Å². The Balaban J connectivity index is 1.56. The average Bonchev–Trinajstić information content (AvgIpc) is 3.37. The molecule has 2 atom stereocenters. The van der Waals surface area contributed by atoms with E-state index in [1.807, 2.05) is 18.7 Å². The van der Waals surface area contributed by atoms with Crippen molar-refractivity contribution in [3.05, 3.63) is 41.2 Å². The zero-order valence-corrected chi connectivity index (χ0v) is 24.3. The number of carbonyl (C=O) groups is 2. The molecule has 41 heavy (non-hydrogen) atoms. The van der Waals surface area contributed by atoms with Crippen molar-refractivity contribution in [3.8, 4) is 5.69 Å². The van der Waals surface area contributed by atoms with Crippen molar-refractivity contribution in [2.75, 3.05) is 66.2 Å². The predicted molar refractivity (Wildman–Crippen MR) is 149 cm³/mol. The van der Waals surface area contributed by atoms with Crippen LogP contribution >= 0.6 is 0 Å². The Bertz CT molecular complexity index is 1150. The lowest BCUT2D eigenvalue weighted by Crippen LogP contribution is -2.51. The number of morpholine rings is 1. The highest BCUT2D eigenvalue weighted by atomic mass is 19.1. The van der Waals surface area contributed by atoms with Crippen molar-refractivity contribution in [1.82, 2.24) is 30.1 Å². The number of carbonyl (C=O) groups excluding carboxylic acids is 2. The Morgan fingerprint density at radius 1 is 1.17 bits per heavy atom. The first-order valence-corrected chi connectivity index (χ1v) is 14.5. The number of unbranched alkanes of at least 4 members (excludes halogenated alkanes) is 1. The second-order valence-corrected chi connectivity index (χ2v) is 11.3. The first kappa shape index (κ1) is 31.0. The number of benzene rings is 1. The summed E-state index contributed by atoms with van der Waals surface area (Å²) in [6, 6.07) is 3.60. The van der Waals surface area contributed by atoms with Gasteiger partial charge in [0.25, 0.3) is 5.91 Å². The lowest BCUT2D eigenvalue weighted by atomic mass is 9.88. The molecule has 12 heteroatoms. The fourth-order valence-corrected chi connectivity index (χ4v) is 5.64. The molecule has 10 nitrogen and oxygen atoms in total. The van der Waals surface area contributed by atoms with Crippen LogP contribution in [-0.4, -0.2) is 103 Å². The summed E-state index contributed by atoms with van der Waals surface area (Å²) in [6.07, 6.45) is 2.35. The van der Waals surface area contributed by atoms with Gasteiger partial charge in [-0.1, -0.05) is 25.1 Å². The first-order valence-electron chi connectivity index (χ1n) is 14.5. The third kappa shape index (κ3) is 7.87. The fraction of sp³-hybridized carbons (Fsp3) is 0.655. The molecule has 0 bridgehead atoms. The molecule has 0 spiro atoms. The van der Waals surface area contributed by atoms with Crippen molar-refractivity contribution >= 4 is 11.8 Å². The number of halogens is 2. The molecular weight excluding hydrogens is 534 g/mol. The van der Waals surface area contributed by atoms with Gasteiger partial charge < -0.3 is 24.6 Å². The van der Waals surface area contributed by atoms with Crippen LogP contribution in [0.1, 0.15) is 49.3 Å². The van der Waals surface area contributed by atoms with Crippen LogP contribution in [0.2, 0.25) is 0 Å². The number of nitrogens with one attached hydrogen (secondary N) is 1. The van der Waals surface area contributed by atoms with Gasteiger partial charge in [0.15, 0.2) is 17.3 Å². The quantitative estimate of drug-likeness (QED) is 0.388. The van der Waals surface area contributed by atoms with E-state index in [0.29, 0.717) is 90.5 Å². The second kappa shape index (κ2) is 14.8. The molecule has 2 fully saturated rings. The van der Waals surface area contributed by atoms with Crippen LogP contribution in [0.4, 0.5) is 8.78 Å². The smallest absolute Gasteiger partial charge is 0.276 e. The summed E-state index contributed by atoms with van der Waals surface area (Å²) in [5, 5.41) is 11.6.